The minimum Gasteiger partial charge on any atom is -0.455 e. The Morgan fingerprint density at radius 2 is 1.00 bits per heavy atom. The first kappa shape index (κ1) is 27.0. The van der Waals surface area contributed by atoms with Crippen LogP contribution in [0.3, 0.4) is 0 Å². The predicted molar refractivity (Wildman–Crippen MR) is 228 cm³/mol. The van der Waals surface area contributed by atoms with E-state index in [-0.39, 0.29) is 29.6 Å². The smallest absolute Gasteiger partial charge is 0.143 e. The maximum absolute atomic E-state index is 9.24. The van der Waals surface area contributed by atoms with Crippen molar-refractivity contribution in [3.63, 3.8) is 0 Å². The fourth-order valence-corrected chi connectivity index (χ4v) is 9.06. The highest BCUT2D eigenvalue weighted by Crippen LogP contribution is 2.51. The normalized spacial score (nSPS) is 14.2. The van der Waals surface area contributed by atoms with Crippen molar-refractivity contribution in [3.8, 4) is 55.6 Å². The maximum atomic E-state index is 9.24. The molecule has 1 aromatic heterocycles. The second kappa shape index (κ2) is 11.7. The molecule has 0 saturated heterocycles. The lowest BCUT2D eigenvalue weighted by Crippen LogP contribution is -2.14. The van der Waals surface area contributed by atoms with E-state index in [4.69, 9.17) is 8.53 Å². The van der Waals surface area contributed by atoms with E-state index < -0.39 is 0 Å². The Labute approximate surface area is 320 Å². The Hall–Kier alpha value is -6.70. The minimum atomic E-state index is -0.0720. The van der Waals surface area contributed by atoms with Crippen LogP contribution in [-0.4, -0.2) is 0 Å². The Kier molecular flexibility index (Phi) is 5.82. The zero-order valence-electron chi connectivity index (χ0n) is 33.9. The largest absolute Gasteiger partial charge is 0.455 e. The lowest BCUT2D eigenvalue weighted by atomic mass is 9.82. The van der Waals surface area contributed by atoms with Crippen LogP contribution in [0.1, 0.15) is 30.5 Å². The van der Waals surface area contributed by atoms with Crippen molar-refractivity contribution in [2.24, 2.45) is 0 Å². The first-order valence-electron chi connectivity index (χ1n) is 20.5. The highest BCUT2D eigenvalue weighted by Gasteiger charge is 2.35. The number of para-hydroxylation sites is 1. The molecule has 0 fully saturated rings. The molecule has 1 aliphatic rings. The Bertz CT molecular complexity index is 3340. The number of rotatable bonds is 4. The number of fused-ring (bicyclic) bond motifs is 8. The summed E-state index contributed by atoms with van der Waals surface area (Å²) in [6.45, 7) is 4.61. The minimum absolute atomic E-state index is 0.0720. The van der Waals surface area contributed by atoms with Crippen LogP contribution in [0.15, 0.2) is 186 Å². The lowest BCUT2D eigenvalue weighted by Gasteiger charge is -2.21. The molecule has 0 N–H and O–H groups in total. The van der Waals surface area contributed by atoms with Gasteiger partial charge in [0.1, 0.15) is 11.2 Å². The van der Waals surface area contributed by atoms with Crippen molar-refractivity contribution in [2.75, 3.05) is 0 Å². The molecule has 0 saturated carbocycles. The summed E-state index contributed by atoms with van der Waals surface area (Å²) in [7, 11) is 0. The van der Waals surface area contributed by atoms with Gasteiger partial charge >= 0.3 is 0 Å². The molecule has 1 heterocycles. The van der Waals surface area contributed by atoms with Crippen molar-refractivity contribution in [2.45, 2.75) is 19.3 Å². The average Bonchev–Trinajstić information content (AvgIpc) is 3.75. The summed E-state index contributed by atoms with van der Waals surface area (Å²) < 4.78 is 42.5. The summed E-state index contributed by atoms with van der Waals surface area (Å²) in [6, 6.07) is 54.2. The van der Waals surface area contributed by atoms with Crippen molar-refractivity contribution >= 4 is 43.5 Å². The average molecular weight is 693 g/mol. The molecule has 1 heteroatoms. The van der Waals surface area contributed by atoms with Crippen LogP contribution in [0, 0.1) is 0 Å². The molecular weight excluding hydrogens is 653 g/mol. The van der Waals surface area contributed by atoms with E-state index in [2.05, 4.69) is 105 Å². The van der Waals surface area contributed by atoms with Crippen molar-refractivity contribution in [1.29, 1.82) is 0 Å². The first-order valence-corrected chi connectivity index (χ1v) is 18.5. The van der Waals surface area contributed by atoms with E-state index in [1.54, 1.807) is 12.1 Å². The quantitative estimate of drug-likeness (QED) is 0.167. The van der Waals surface area contributed by atoms with E-state index in [1.807, 2.05) is 54.6 Å². The third-order valence-electron chi connectivity index (χ3n) is 11.6. The predicted octanol–water partition coefficient (Wildman–Crippen LogP) is 14.9. The van der Waals surface area contributed by atoms with Gasteiger partial charge in [-0.3, -0.25) is 0 Å². The number of benzene rings is 9. The third-order valence-corrected chi connectivity index (χ3v) is 11.6. The van der Waals surface area contributed by atoms with Gasteiger partial charge in [0.05, 0.1) is 5.48 Å². The maximum Gasteiger partial charge on any atom is 0.143 e. The molecule has 10 aromatic rings. The molecule has 254 valence electrons. The topological polar surface area (TPSA) is 13.1 Å². The summed E-state index contributed by atoms with van der Waals surface area (Å²) in [4.78, 5) is 0. The van der Waals surface area contributed by atoms with Gasteiger partial charge in [0.15, 0.2) is 0 Å². The van der Waals surface area contributed by atoms with E-state index in [0.29, 0.717) is 10.8 Å². The van der Waals surface area contributed by atoms with Crippen LogP contribution in [0.2, 0.25) is 0 Å². The molecule has 0 radical (unpaired) electrons. The molecule has 0 aliphatic heterocycles. The van der Waals surface area contributed by atoms with Gasteiger partial charge in [-0.1, -0.05) is 178 Å². The number of hydrogen-bond acceptors (Lipinski definition) is 1. The van der Waals surface area contributed by atoms with E-state index in [9.17, 15) is 1.37 Å². The van der Waals surface area contributed by atoms with E-state index >= 15 is 0 Å². The molecule has 54 heavy (non-hydrogen) atoms. The van der Waals surface area contributed by atoms with Crippen LogP contribution in [0.25, 0.3) is 99.1 Å². The molecule has 1 aliphatic carbocycles. The second-order valence-electron chi connectivity index (χ2n) is 14.9. The summed E-state index contributed by atoms with van der Waals surface area (Å²) in [5.74, 6) is 0. The highest BCUT2D eigenvalue weighted by molar-refractivity contribution is 6.22. The van der Waals surface area contributed by atoms with Gasteiger partial charge in [-0.2, -0.15) is 0 Å². The van der Waals surface area contributed by atoms with Crippen LogP contribution in [0.4, 0.5) is 0 Å². The zero-order valence-corrected chi connectivity index (χ0v) is 29.9. The van der Waals surface area contributed by atoms with Crippen molar-refractivity contribution in [1.82, 2.24) is 0 Å². The number of hydrogen-bond donors (Lipinski definition) is 0. The first-order chi connectivity index (χ1) is 28.2. The molecule has 0 amide bonds. The van der Waals surface area contributed by atoms with Crippen LogP contribution < -0.4 is 0 Å². The van der Waals surface area contributed by atoms with E-state index in [1.165, 1.54) is 22.3 Å². The monoisotopic (exact) mass is 692 g/mol. The Balaban J connectivity index is 1.11. The molecule has 0 bridgehead atoms. The van der Waals surface area contributed by atoms with Crippen LogP contribution >= 0.6 is 0 Å². The molecular formula is C53H36O. The van der Waals surface area contributed by atoms with Crippen molar-refractivity contribution < 1.29 is 9.90 Å². The van der Waals surface area contributed by atoms with Gasteiger partial charge in [0.2, 0.25) is 0 Å². The molecule has 11 rings (SSSR count). The zero-order chi connectivity index (χ0) is 39.4. The summed E-state index contributed by atoms with van der Waals surface area (Å²) in [6.07, 6.45) is 0. The van der Waals surface area contributed by atoms with Gasteiger partial charge in [0, 0.05) is 21.8 Å². The standard InChI is InChI=1S/C53H36O/c1-53(2)46-22-12-10-16-39(46)45-32-36(28-31-47(45)53)38-30-29-37(51-44-21-11-13-23-48(44)54-52(38)51)33-24-26-35(27-25-33)50-42-19-8-6-17-40(42)49(34-14-4-3-5-15-34)41-18-7-9-20-43(41)50/h3-32H,1-2H3/i6D,9D,17D,20D. The third kappa shape index (κ3) is 4.45. The van der Waals surface area contributed by atoms with Crippen LogP contribution in [-0.2, 0) is 5.41 Å². The van der Waals surface area contributed by atoms with Crippen molar-refractivity contribution in [3.05, 3.63) is 193 Å². The fraction of sp³-hybridized carbons (Fsp3) is 0.0566. The molecule has 1 nitrogen and oxygen atoms in total. The lowest BCUT2D eigenvalue weighted by molar-refractivity contribution is 0.660. The second-order valence-corrected chi connectivity index (χ2v) is 14.9. The molecule has 0 atom stereocenters. The summed E-state index contributed by atoms with van der Waals surface area (Å²) in [5, 5.41) is 5.01. The molecule has 0 spiro atoms. The Morgan fingerprint density at radius 3 is 1.76 bits per heavy atom. The van der Waals surface area contributed by atoms with Gasteiger partial charge in [-0.05, 0) is 101 Å². The molecule has 9 aromatic carbocycles. The SMILES string of the molecule is [2H]c1ccc2c(-c3ccc(-c4ccc(-c5ccc6c(c5)-c5ccccc5C6(C)C)c5oc6ccccc6c45)cc3)c3c([2H])c([2H])ccc3c(-c3ccccc3)c2c1[2H]. The van der Waals surface area contributed by atoms with Gasteiger partial charge in [-0.25, -0.2) is 0 Å². The summed E-state index contributed by atoms with van der Waals surface area (Å²) in [5.41, 5.74) is 14.5. The number of furan rings is 1. The van der Waals surface area contributed by atoms with Gasteiger partial charge in [0.25, 0.3) is 0 Å². The van der Waals surface area contributed by atoms with Gasteiger partial charge in [-0.15, -0.1) is 0 Å². The highest BCUT2D eigenvalue weighted by atomic mass is 16.3. The van der Waals surface area contributed by atoms with Crippen LogP contribution in [0.5, 0.6) is 0 Å². The fourth-order valence-electron chi connectivity index (χ4n) is 9.06. The molecule has 0 unspecified atom stereocenters. The van der Waals surface area contributed by atoms with Gasteiger partial charge < -0.3 is 4.42 Å². The summed E-state index contributed by atoms with van der Waals surface area (Å²) >= 11 is 0. The Morgan fingerprint density at radius 1 is 0.426 bits per heavy atom. The van der Waals surface area contributed by atoms with E-state index in [0.717, 1.165) is 77.2 Å².